The Kier molecular flexibility index (Phi) is 6.99. The van der Waals surface area contributed by atoms with Crippen molar-refractivity contribution in [2.24, 2.45) is 5.92 Å². The summed E-state index contributed by atoms with van der Waals surface area (Å²) >= 11 is 0. The van der Waals surface area contributed by atoms with Gasteiger partial charge < -0.3 is 10.1 Å². The zero-order valence-electron chi connectivity index (χ0n) is 12.2. The van der Waals surface area contributed by atoms with Crippen LogP contribution in [-0.2, 0) is 11.2 Å². The van der Waals surface area contributed by atoms with Gasteiger partial charge in [-0.2, -0.15) is 0 Å². The molecule has 2 unspecified atom stereocenters. The molecule has 18 heavy (non-hydrogen) atoms. The van der Waals surface area contributed by atoms with Crippen LogP contribution in [0.4, 0.5) is 0 Å². The Labute approximate surface area is 112 Å². The monoisotopic (exact) mass is 249 g/mol. The Morgan fingerprint density at radius 3 is 2.44 bits per heavy atom. The molecule has 0 aliphatic rings. The second-order valence-corrected chi connectivity index (χ2v) is 5.11. The van der Waals surface area contributed by atoms with Gasteiger partial charge in [-0.3, -0.25) is 0 Å². The number of benzene rings is 1. The maximum Gasteiger partial charge on any atom is 0.0465 e. The highest BCUT2D eigenvalue weighted by atomic mass is 16.5. The van der Waals surface area contributed by atoms with Crippen molar-refractivity contribution in [2.75, 3.05) is 20.3 Å². The minimum atomic E-state index is 0.535. The van der Waals surface area contributed by atoms with Crippen molar-refractivity contribution >= 4 is 0 Å². The number of nitrogens with one attached hydrogen (secondary N) is 1. The summed E-state index contributed by atoms with van der Waals surface area (Å²) in [6.07, 6.45) is 2.21. The van der Waals surface area contributed by atoms with Crippen molar-refractivity contribution in [3.63, 3.8) is 0 Å². The average Bonchev–Trinajstić information content (AvgIpc) is 2.38. The molecule has 0 aromatic heterocycles. The van der Waals surface area contributed by atoms with Crippen molar-refractivity contribution < 1.29 is 4.74 Å². The van der Waals surface area contributed by atoms with Gasteiger partial charge in [0.1, 0.15) is 0 Å². The van der Waals surface area contributed by atoms with Gasteiger partial charge in [-0.1, -0.05) is 43.7 Å². The third-order valence-corrected chi connectivity index (χ3v) is 3.51. The molecule has 0 fully saturated rings. The van der Waals surface area contributed by atoms with Gasteiger partial charge in [-0.25, -0.2) is 0 Å². The Hall–Kier alpha value is -0.860. The predicted molar refractivity (Wildman–Crippen MR) is 78.0 cm³/mol. The Morgan fingerprint density at radius 1 is 1.22 bits per heavy atom. The largest absolute Gasteiger partial charge is 0.385 e. The molecule has 0 radical (unpaired) electrons. The van der Waals surface area contributed by atoms with E-state index in [0.717, 1.165) is 26.0 Å². The highest BCUT2D eigenvalue weighted by Crippen LogP contribution is 2.14. The van der Waals surface area contributed by atoms with E-state index in [-0.39, 0.29) is 0 Å². The lowest BCUT2D eigenvalue weighted by atomic mass is 9.92. The highest BCUT2D eigenvalue weighted by Gasteiger charge is 2.16. The first-order valence-corrected chi connectivity index (χ1v) is 6.95. The molecule has 0 amide bonds. The molecule has 1 N–H and O–H groups in total. The molecular formula is C16H27NO. The normalized spacial score (nSPS) is 14.4. The standard InChI is InChI=1S/C16H27NO/c1-5-17-16(14(3)10-11-18-4)12-15-8-6-13(2)7-9-15/h6-9,14,16-17H,5,10-12H2,1-4H3. The van der Waals surface area contributed by atoms with Crippen LogP contribution in [0.25, 0.3) is 0 Å². The molecular weight excluding hydrogens is 222 g/mol. The number of aryl methyl sites for hydroxylation is 1. The van der Waals surface area contributed by atoms with Crippen LogP contribution in [0.2, 0.25) is 0 Å². The van der Waals surface area contributed by atoms with Crippen LogP contribution >= 0.6 is 0 Å². The number of likely N-dealkylation sites (N-methyl/N-ethyl adjacent to an activating group) is 1. The zero-order valence-corrected chi connectivity index (χ0v) is 12.2. The third-order valence-electron chi connectivity index (χ3n) is 3.51. The number of methoxy groups -OCH3 is 1. The molecule has 0 saturated carbocycles. The number of hydrogen-bond donors (Lipinski definition) is 1. The SMILES string of the molecule is CCNC(Cc1ccc(C)cc1)C(C)CCOC. The van der Waals surface area contributed by atoms with Crippen molar-refractivity contribution in [1.82, 2.24) is 5.32 Å². The van der Waals surface area contributed by atoms with Gasteiger partial charge in [-0.05, 0) is 37.8 Å². The van der Waals surface area contributed by atoms with E-state index < -0.39 is 0 Å². The van der Waals surface area contributed by atoms with Crippen LogP contribution in [0.1, 0.15) is 31.4 Å². The zero-order chi connectivity index (χ0) is 13.4. The van der Waals surface area contributed by atoms with Crippen molar-refractivity contribution in [2.45, 2.75) is 39.7 Å². The molecule has 0 heterocycles. The van der Waals surface area contributed by atoms with E-state index in [0.29, 0.717) is 12.0 Å². The summed E-state index contributed by atoms with van der Waals surface area (Å²) in [5.74, 6) is 0.631. The summed E-state index contributed by atoms with van der Waals surface area (Å²) in [6.45, 7) is 8.48. The molecule has 0 aliphatic carbocycles. The van der Waals surface area contributed by atoms with Crippen LogP contribution in [0, 0.1) is 12.8 Å². The summed E-state index contributed by atoms with van der Waals surface area (Å²) in [5.41, 5.74) is 2.74. The van der Waals surface area contributed by atoms with Crippen molar-refractivity contribution in [1.29, 1.82) is 0 Å². The third kappa shape index (κ3) is 5.19. The molecule has 2 atom stereocenters. The quantitative estimate of drug-likeness (QED) is 0.764. The molecule has 102 valence electrons. The van der Waals surface area contributed by atoms with Crippen LogP contribution in [-0.4, -0.2) is 26.3 Å². The van der Waals surface area contributed by atoms with Gasteiger partial charge in [0.2, 0.25) is 0 Å². The van der Waals surface area contributed by atoms with Crippen LogP contribution in [0.15, 0.2) is 24.3 Å². The molecule has 1 rings (SSSR count). The summed E-state index contributed by atoms with van der Waals surface area (Å²) < 4.78 is 5.18. The molecule has 0 aliphatic heterocycles. The van der Waals surface area contributed by atoms with E-state index in [4.69, 9.17) is 4.74 Å². The number of rotatable bonds is 8. The minimum absolute atomic E-state index is 0.535. The first-order chi connectivity index (χ1) is 8.67. The van der Waals surface area contributed by atoms with Crippen molar-refractivity contribution in [3.05, 3.63) is 35.4 Å². The lowest BCUT2D eigenvalue weighted by Gasteiger charge is -2.25. The van der Waals surface area contributed by atoms with Gasteiger partial charge >= 0.3 is 0 Å². The lowest BCUT2D eigenvalue weighted by molar-refractivity contribution is 0.170. The lowest BCUT2D eigenvalue weighted by Crippen LogP contribution is -2.37. The van der Waals surface area contributed by atoms with Crippen LogP contribution in [0.5, 0.6) is 0 Å². The second-order valence-electron chi connectivity index (χ2n) is 5.11. The maximum atomic E-state index is 5.18. The molecule has 0 bridgehead atoms. The van der Waals surface area contributed by atoms with E-state index >= 15 is 0 Å². The minimum Gasteiger partial charge on any atom is -0.385 e. The fourth-order valence-corrected chi connectivity index (χ4v) is 2.22. The fraction of sp³-hybridized carbons (Fsp3) is 0.625. The Balaban J connectivity index is 2.58. The van der Waals surface area contributed by atoms with Gasteiger partial charge in [0.05, 0.1) is 0 Å². The topological polar surface area (TPSA) is 21.3 Å². The number of ether oxygens (including phenoxy) is 1. The molecule has 0 spiro atoms. The smallest absolute Gasteiger partial charge is 0.0465 e. The average molecular weight is 249 g/mol. The van der Waals surface area contributed by atoms with E-state index in [1.807, 2.05) is 0 Å². The van der Waals surface area contributed by atoms with Crippen LogP contribution < -0.4 is 5.32 Å². The van der Waals surface area contributed by atoms with E-state index in [1.54, 1.807) is 7.11 Å². The second kappa shape index (κ2) is 8.28. The first kappa shape index (κ1) is 15.2. The molecule has 2 nitrogen and oxygen atoms in total. The van der Waals surface area contributed by atoms with E-state index in [1.165, 1.54) is 11.1 Å². The summed E-state index contributed by atoms with van der Waals surface area (Å²) in [7, 11) is 1.77. The Morgan fingerprint density at radius 2 is 1.89 bits per heavy atom. The Bertz CT molecular complexity index is 320. The van der Waals surface area contributed by atoms with Gasteiger partial charge in [0, 0.05) is 19.8 Å². The summed E-state index contributed by atoms with van der Waals surface area (Å²) in [6, 6.07) is 9.40. The highest BCUT2D eigenvalue weighted by molar-refractivity contribution is 5.22. The molecule has 0 saturated heterocycles. The van der Waals surface area contributed by atoms with Gasteiger partial charge in [-0.15, -0.1) is 0 Å². The van der Waals surface area contributed by atoms with Gasteiger partial charge in [0.15, 0.2) is 0 Å². The molecule has 2 heteroatoms. The molecule has 1 aromatic rings. The van der Waals surface area contributed by atoms with E-state index in [2.05, 4.69) is 50.4 Å². The summed E-state index contributed by atoms with van der Waals surface area (Å²) in [4.78, 5) is 0. The summed E-state index contributed by atoms with van der Waals surface area (Å²) in [5, 5.41) is 3.60. The predicted octanol–water partition coefficient (Wildman–Crippen LogP) is 3.19. The first-order valence-electron chi connectivity index (χ1n) is 6.95. The van der Waals surface area contributed by atoms with Crippen LogP contribution in [0.3, 0.4) is 0 Å². The fourth-order valence-electron chi connectivity index (χ4n) is 2.22. The van der Waals surface area contributed by atoms with E-state index in [9.17, 15) is 0 Å². The van der Waals surface area contributed by atoms with Crippen molar-refractivity contribution in [3.8, 4) is 0 Å². The maximum absolute atomic E-state index is 5.18. The van der Waals surface area contributed by atoms with Gasteiger partial charge in [0.25, 0.3) is 0 Å². The number of hydrogen-bond acceptors (Lipinski definition) is 2. The molecule has 1 aromatic carbocycles.